The van der Waals surface area contributed by atoms with Crippen molar-refractivity contribution >= 4 is 28.4 Å². The molecule has 0 aliphatic rings. The summed E-state index contributed by atoms with van der Waals surface area (Å²) in [5.74, 6) is 0.438. The second kappa shape index (κ2) is 6.13. The van der Waals surface area contributed by atoms with Crippen LogP contribution in [-0.4, -0.2) is 23.3 Å². The minimum atomic E-state index is 0.438. The SMILES string of the molecule is CN=C(SC)C(C)Cc1ccc(Cl)nc1. The van der Waals surface area contributed by atoms with Crippen molar-refractivity contribution < 1.29 is 0 Å². The Morgan fingerprint density at radius 1 is 1.60 bits per heavy atom. The lowest BCUT2D eigenvalue weighted by Gasteiger charge is -2.11. The smallest absolute Gasteiger partial charge is 0.129 e. The number of nitrogens with zero attached hydrogens (tertiary/aromatic N) is 2. The van der Waals surface area contributed by atoms with Gasteiger partial charge < -0.3 is 0 Å². The number of hydrogen-bond donors (Lipinski definition) is 0. The molecule has 0 bridgehead atoms. The molecule has 1 aromatic rings. The van der Waals surface area contributed by atoms with E-state index in [1.807, 2.05) is 25.4 Å². The third-order valence-electron chi connectivity index (χ3n) is 2.18. The number of rotatable bonds is 3. The Bertz CT molecular complexity index is 335. The third kappa shape index (κ3) is 3.84. The van der Waals surface area contributed by atoms with Gasteiger partial charge in [0.1, 0.15) is 5.15 Å². The second-order valence-corrected chi connectivity index (χ2v) is 4.57. The molecule has 4 heteroatoms. The highest BCUT2D eigenvalue weighted by molar-refractivity contribution is 8.13. The third-order valence-corrected chi connectivity index (χ3v) is 3.41. The average Bonchev–Trinajstić information content (AvgIpc) is 2.23. The van der Waals surface area contributed by atoms with Gasteiger partial charge >= 0.3 is 0 Å². The van der Waals surface area contributed by atoms with E-state index in [1.165, 1.54) is 10.6 Å². The van der Waals surface area contributed by atoms with Crippen LogP contribution in [0.15, 0.2) is 23.3 Å². The number of hydrogen-bond acceptors (Lipinski definition) is 3. The molecule has 0 fully saturated rings. The van der Waals surface area contributed by atoms with Crippen LogP contribution in [0, 0.1) is 5.92 Å². The molecule has 0 radical (unpaired) electrons. The largest absolute Gasteiger partial charge is 0.286 e. The number of aliphatic imine (C=N–C) groups is 1. The molecule has 15 heavy (non-hydrogen) atoms. The van der Waals surface area contributed by atoms with Crippen molar-refractivity contribution in [3.8, 4) is 0 Å². The maximum Gasteiger partial charge on any atom is 0.129 e. The summed E-state index contributed by atoms with van der Waals surface area (Å²) in [7, 11) is 1.84. The van der Waals surface area contributed by atoms with Crippen molar-refractivity contribution in [2.75, 3.05) is 13.3 Å². The first-order valence-corrected chi connectivity index (χ1v) is 6.38. The molecule has 0 spiro atoms. The van der Waals surface area contributed by atoms with E-state index in [4.69, 9.17) is 11.6 Å². The van der Waals surface area contributed by atoms with Gasteiger partial charge in [-0.1, -0.05) is 24.6 Å². The molecule has 1 aromatic heterocycles. The van der Waals surface area contributed by atoms with E-state index in [2.05, 4.69) is 23.2 Å². The first-order chi connectivity index (χ1) is 7.17. The Morgan fingerprint density at radius 3 is 2.80 bits per heavy atom. The zero-order valence-electron chi connectivity index (χ0n) is 9.20. The topological polar surface area (TPSA) is 25.2 Å². The van der Waals surface area contributed by atoms with Gasteiger partial charge in [-0.15, -0.1) is 11.8 Å². The van der Waals surface area contributed by atoms with E-state index >= 15 is 0 Å². The fourth-order valence-electron chi connectivity index (χ4n) is 1.48. The van der Waals surface area contributed by atoms with Crippen LogP contribution in [0.1, 0.15) is 12.5 Å². The zero-order valence-corrected chi connectivity index (χ0v) is 10.8. The molecule has 0 saturated carbocycles. The molecule has 1 atom stereocenters. The lowest BCUT2D eigenvalue weighted by molar-refractivity contribution is 0.773. The fraction of sp³-hybridized carbons (Fsp3) is 0.455. The van der Waals surface area contributed by atoms with Crippen molar-refractivity contribution in [2.45, 2.75) is 13.3 Å². The maximum atomic E-state index is 5.73. The lowest BCUT2D eigenvalue weighted by atomic mass is 10.0. The normalized spacial score (nSPS) is 14.0. The zero-order chi connectivity index (χ0) is 11.3. The molecule has 1 heterocycles. The molecular weight excluding hydrogens is 228 g/mol. The van der Waals surface area contributed by atoms with E-state index in [1.54, 1.807) is 11.8 Å². The summed E-state index contributed by atoms with van der Waals surface area (Å²) in [6.07, 6.45) is 4.84. The standard InChI is InChI=1S/C11H15ClN2S/c1-8(11(13-2)15-3)6-9-4-5-10(12)14-7-9/h4-5,7-8H,6H2,1-3H3. The summed E-state index contributed by atoms with van der Waals surface area (Å²) in [5, 5.41) is 1.71. The minimum Gasteiger partial charge on any atom is -0.286 e. The molecule has 0 saturated heterocycles. The second-order valence-electron chi connectivity index (χ2n) is 3.36. The summed E-state index contributed by atoms with van der Waals surface area (Å²) >= 11 is 7.43. The Hall–Kier alpha value is -0.540. The molecule has 1 rings (SSSR count). The predicted octanol–water partition coefficient (Wildman–Crippen LogP) is 3.30. The molecule has 82 valence electrons. The summed E-state index contributed by atoms with van der Waals surface area (Å²) in [6.45, 7) is 2.17. The van der Waals surface area contributed by atoms with Crippen molar-refractivity contribution in [3.63, 3.8) is 0 Å². The predicted molar refractivity (Wildman–Crippen MR) is 69.0 cm³/mol. The highest BCUT2D eigenvalue weighted by Gasteiger charge is 2.09. The van der Waals surface area contributed by atoms with Crippen LogP contribution in [0.2, 0.25) is 5.15 Å². The van der Waals surface area contributed by atoms with Crippen LogP contribution >= 0.6 is 23.4 Å². The van der Waals surface area contributed by atoms with E-state index in [0.29, 0.717) is 11.1 Å². The molecule has 0 N–H and O–H groups in total. The molecule has 0 aliphatic carbocycles. The first-order valence-electron chi connectivity index (χ1n) is 4.78. The highest BCUT2D eigenvalue weighted by atomic mass is 35.5. The van der Waals surface area contributed by atoms with E-state index in [9.17, 15) is 0 Å². The number of thioether (sulfide) groups is 1. The van der Waals surface area contributed by atoms with Crippen LogP contribution in [-0.2, 0) is 6.42 Å². The van der Waals surface area contributed by atoms with Crippen LogP contribution in [0.4, 0.5) is 0 Å². The minimum absolute atomic E-state index is 0.438. The molecule has 1 unspecified atom stereocenters. The maximum absolute atomic E-state index is 5.73. The van der Waals surface area contributed by atoms with Crippen molar-refractivity contribution in [1.29, 1.82) is 0 Å². The van der Waals surface area contributed by atoms with Gasteiger partial charge in [0.2, 0.25) is 0 Å². The van der Waals surface area contributed by atoms with Gasteiger partial charge in [0.25, 0.3) is 0 Å². The molecular formula is C11H15ClN2S. The Kier molecular flexibility index (Phi) is 5.12. The van der Waals surface area contributed by atoms with Crippen LogP contribution < -0.4 is 0 Å². The number of aromatic nitrogens is 1. The number of pyridine rings is 1. The van der Waals surface area contributed by atoms with Crippen LogP contribution in [0.3, 0.4) is 0 Å². The lowest BCUT2D eigenvalue weighted by Crippen LogP contribution is -2.10. The van der Waals surface area contributed by atoms with Gasteiger partial charge in [0.05, 0.1) is 5.04 Å². The molecule has 0 aliphatic heterocycles. The van der Waals surface area contributed by atoms with Crippen molar-refractivity contribution in [3.05, 3.63) is 29.0 Å². The summed E-state index contributed by atoms with van der Waals surface area (Å²) in [4.78, 5) is 8.32. The highest BCUT2D eigenvalue weighted by Crippen LogP contribution is 2.16. The van der Waals surface area contributed by atoms with E-state index in [0.717, 1.165) is 6.42 Å². The van der Waals surface area contributed by atoms with Gasteiger partial charge in [-0.25, -0.2) is 4.98 Å². The van der Waals surface area contributed by atoms with Crippen molar-refractivity contribution in [2.24, 2.45) is 10.9 Å². The van der Waals surface area contributed by atoms with E-state index in [-0.39, 0.29) is 0 Å². The van der Waals surface area contributed by atoms with Gasteiger partial charge in [-0.05, 0) is 24.3 Å². The average molecular weight is 243 g/mol. The van der Waals surface area contributed by atoms with Crippen molar-refractivity contribution in [1.82, 2.24) is 4.98 Å². The van der Waals surface area contributed by atoms with Gasteiger partial charge in [0.15, 0.2) is 0 Å². The van der Waals surface area contributed by atoms with Gasteiger partial charge in [0, 0.05) is 19.2 Å². The van der Waals surface area contributed by atoms with Crippen LogP contribution in [0.25, 0.3) is 0 Å². The Morgan fingerprint density at radius 2 is 2.33 bits per heavy atom. The van der Waals surface area contributed by atoms with Gasteiger partial charge in [-0.3, -0.25) is 4.99 Å². The van der Waals surface area contributed by atoms with Crippen LogP contribution in [0.5, 0.6) is 0 Å². The first kappa shape index (κ1) is 12.5. The Labute approximate surface area is 100 Å². The summed E-state index contributed by atoms with van der Waals surface area (Å²) in [6, 6.07) is 3.84. The summed E-state index contributed by atoms with van der Waals surface area (Å²) < 4.78 is 0. The molecule has 0 amide bonds. The quantitative estimate of drug-likeness (QED) is 0.462. The molecule has 2 nitrogen and oxygen atoms in total. The summed E-state index contributed by atoms with van der Waals surface area (Å²) in [5.41, 5.74) is 1.20. The fourth-order valence-corrected chi connectivity index (χ4v) is 2.26. The monoisotopic (exact) mass is 242 g/mol. The number of halogens is 1. The molecule has 0 aromatic carbocycles. The van der Waals surface area contributed by atoms with E-state index < -0.39 is 0 Å². The van der Waals surface area contributed by atoms with Gasteiger partial charge in [-0.2, -0.15) is 0 Å². The Balaban J connectivity index is 2.65.